The van der Waals surface area contributed by atoms with E-state index in [1.54, 1.807) is 6.20 Å². The number of halogens is 2. The maximum absolute atomic E-state index is 5.88. The second-order valence-electron chi connectivity index (χ2n) is 2.31. The predicted molar refractivity (Wildman–Crippen MR) is 54.6 cm³/mol. The Balaban J connectivity index is 3.09. The van der Waals surface area contributed by atoms with Crippen LogP contribution in [0.5, 0.6) is 0 Å². The summed E-state index contributed by atoms with van der Waals surface area (Å²) in [7, 11) is 0. The van der Waals surface area contributed by atoms with Crippen molar-refractivity contribution in [1.82, 2.24) is 4.98 Å². The van der Waals surface area contributed by atoms with Gasteiger partial charge in [-0.1, -0.05) is 11.6 Å². The van der Waals surface area contributed by atoms with Crippen LogP contribution >= 0.6 is 34.2 Å². The van der Waals surface area contributed by atoms with Crippen LogP contribution < -0.4 is 5.73 Å². The van der Waals surface area contributed by atoms with Gasteiger partial charge in [0.1, 0.15) is 0 Å². The van der Waals surface area contributed by atoms with Gasteiger partial charge in [-0.05, 0) is 35.6 Å². The molecule has 0 aliphatic heterocycles. The highest BCUT2D eigenvalue weighted by molar-refractivity contribution is 14.1. The van der Waals surface area contributed by atoms with Gasteiger partial charge in [-0.2, -0.15) is 0 Å². The van der Waals surface area contributed by atoms with E-state index in [0.29, 0.717) is 5.02 Å². The monoisotopic (exact) mass is 282 g/mol. The number of rotatable bonds is 1. The molecule has 11 heavy (non-hydrogen) atoms. The highest BCUT2D eigenvalue weighted by Crippen LogP contribution is 2.20. The fraction of sp³-hybridized carbons (Fsp3) is 0.286. The summed E-state index contributed by atoms with van der Waals surface area (Å²) in [6.45, 7) is 1.86. The van der Waals surface area contributed by atoms with E-state index in [1.165, 1.54) is 0 Å². The second kappa shape index (κ2) is 3.69. The van der Waals surface area contributed by atoms with Crippen LogP contribution in [0.4, 0.5) is 0 Å². The van der Waals surface area contributed by atoms with Crippen LogP contribution in [0, 0.1) is 3.57 Å². The molecule has 1 rings (SSSR count). The third-order valence-corrected chi connectivity index (χ3v) is 2.16. The highest BCUT2D eigenvalue weighted by atomic mass is 127. The van der Waals surface area contributed by atoms with E-state index >= 15 is 0 Å². The molecule has 0 aromatic carbocycles. The minimum atomic E-state index is -0.0977. The molecule has 0 saturated heterocycles. The van der Waals surface area contributed by atoms with Gasteiger partial charge in [-0.15, -0.1) is 0 Å². The molecule has 0 aliphatic rings. The topological polar surface area (TPSA) is 38.9 Å². The molecule has 2 nitrogen and oxygen atoms in total. The van der Waals surface area contributed by atoms with Gasteiger partial charge in [0, 0.05) is 15.8 Å². The quantitative estimate of drug-likeness (QED) is 0.803. The van der Waals surface area contributed by atoms with E-state index in [9.17, 15) is 0 Å². The molecule has 0 bridgehead atoms. The normalized spacial score (nSPS) is 13.1. The van der Waals surface area contributed by atoms with Gasteiger partial charge in [0.15, 0.2) is 0 Å². The summed E-state index contributed by atoms with van der Waals surface area (Å²) < 4.78 is 1.03. The second-order valence-corrected chi connectivity index (χ2v) is 3.96. The maximum Gasteiger partial charge on any atom is 0.0754 e. The number of pyridine rings is 1. The van der Waals surface area contributed by atoms with E-state index in [2.05, 4.69) is 27.6 Å². The lowest BCUT2D eigenvalue weighted by atomic mass is 10.2. The predicted octanol–water partition coefficient (Wildman–Crippen LogP) is 2.36. The van der Waals surface area contributed by atoms with Crippen LogP contribution in [0.3, 0.4) is 0 Å². The number of nitrogens with two attached hydrogens (primary N) is 1. The van der Waals surface area contributed by atoms with Crippen molar-refractivity contribution in [1.29, 1.82) is 0 Å². The summed E-state index contributed by atoms with van der Waals surface area (Å²) >= 11 is 8.03. The Kier molecular flexibility index (Phi) is 3.09. The molecular formula is C7H8ClIN2. The summed E-state index contributed by atoms with van der Waals surface area (Å²) in [6, 6.07) is 1.76. The van der Waals surface area contributed by atoms with Gasteiger partial charge in [0.25, 0.3) is 0 Å². The van der Waals surface area contributed by atoms with Crippen LogP contribution in [0.25, 0.3) is 0 Å². The molecule has 1 aromatic heterocycles. The third kappa shape index (κ3) is 2.28. The van der Waals surface area contributed by atoms with Crippen molar-refractivity contribution < 1.29 is 0 Å². The van der Waals surface area contributed by atoms with Gasteiger partial charge in [0.2, 0.25) is 0 Å². The zero-order chi connectivity index (χ0) is 8.43. The Labute approximate surface area is 84.3 Å². The minimum Gasteiger partial charge on any atom is -0.323 e. The molecule has 1 unspecified atom stereocenters. The number of hydrogen-bond acceptors (Lipinski definition) is 2. The summed E-state index contributed by atoms with van der Waals surface area (Å²) in [5.41, 5.74) is 6.37. The van der Waals surface area contributed by atoms with E-state index in [0.717, 1.165) is 9.26 Å². The van der Waals surface area contributed by atoms with Crippen LogP contribution in [0.1, 0.15) is 18.7 Å². The minimum absolute atomic E-state index is 0.0977. The molecule has 0 fully saturated rings. The van der Waals surface area contributed by atoms with Crippen molar-refractivity contribution >= 4 is 34.2 Å². The van der Waals surface area contributed by atoms with E-state index in [1.807, 2.05) is 13.0 Å². The van der Waals surface area contributed by atoms with Gasteiger partial charge >= 0.3 is 0 Å². The average molecular weight is 283 g/mol. The summed E-state index contributed by atoms with van der Waals surface area (Å²) in [6.07, 6.45) is 1.76. The lowest BCUT2D eigenvalue weighted by Gasteiger charge is -2.05. The zero-order valence-electron chi connectivity index (χ0n) is 6.01. The molecule has 1 aromatic rings. The van der Waals surface area contributed by atoms with Crippen molar-refractivity contribution in [2.45, 2.75) is 13.0 Å². The van der Waals surface area contributed by atoms with Gasteiger partial charge in [-0.25, -0.2) is 0 Å². The Bertz CT molecular complexity index is 263. The van der Waals surface area contributed by atoms with E-state index in [-0.39, 0.29) is 6.04 Å². The van der Waals surface area contributed by atoms with Gasteiger partial charge in [0.05, 0.1) is 10.7 Å². The molecule has 1 heterocycles. The van der Waals surface area contributed by atoms with Crippen molar-refractivity contribution in [3.63, 3.8) is 0 Å². The molecule has 4 heteroatoms. The first-order chi connectivity index (χ1) is 5.11. The summed E-state index contributed by atoms with van der Waals surface area (Å²) in [4.78, 5) is 4.11. The van der Waals surface area contributed by atoms with Crippen LogP contribution in [0.2, 0.25) is 5.02 Å². The van der Waals surface area contributed by atoms with Crippen LogP contribution in [-0.2, 0) is 0 Å². The van der Waals surface area contributed by atoms with Crippen molar-refractivity contribution in [3.8, 4) is 0 Å². The Morgan fingerprint density at radius 1 is 1.73 bits per heavy atom. The zero-order valence-corrected chi connectivity index (χ0v) is 8.93. The first-order valence-corrected chi connectivity index (χ1v) is 4.63. The average Bonchev–Trinajstić information content (AvgIpc) is 1.85. The molecule has 0 saturated carbocycles. The molecule has 2 N–H and O–H groups in total. The fourth-order valence-electron chi connectivity index (χ4n) is 0.760. The largest absolute Gasteiger partial charge is 0.323 e. The fourth-order valence-corrected chi connectivity index (χ4v) is 1.73. The Morgan fingerprint density at radius 3 is 2.82 bits per heavy atom. The molecule has 60 valence electrons. The third-order valence-electron chi connectivity index (χ3n) is 1.27. The maximum atomic E-state index is 5.88. The summed E-state index contributed by atoms with van der Waals surface area (Å²) in [5.74, 6) is 0. The molecule has 1 atom stereocenters. The van der Waals surface area contributed by atoms with Crippen molar-refractivity contribution in [2.24, 2.45) is 5.73 Å². The smallest absolute Gasteiger partial charge is 0.0754 e. The number of hydrogen-bond donors (Lipinski definition) is 1. The van der Waals surface area contributed by atoms with Gasteiger partial charge in [-0.3, -0.25) is 4.98 Å². The number of aromatic nitrogens is 1. The molecule has 0 aliphatic carbocycles. The van der Waals surface area contributed by atoms with E-state index < -0.39 is 0 Å². The molecule has 0 radical (unpaired) electrons. The molecular weight excluding hydrogens is 274 g/mol. The van der Waals surface area contributed by atoms with Crippen molar-refractivity contribution in [3.05, 3.63) is 26.5 Å². The van der Waals surface area contributed by atoms with Gasteiger partial charge < -0.3 is 5.73 Å². The number of nitrogens with zero attached hydrogens (tertiary/aromatic N) is 1. The Morgan fingerprint density at radius 2 is 2.36 bits per heavy atom. The lowest BCUT2D eigenvalue weighted by Crippen LogP contribution is -2.07. The van der Waals surface area contributed by atoms with Crippen molar-refractivity contribution in [2.75, 3.05) is 0 Å². The lowest BCUT2D eigenvalue weighted by molar-refractivity contribution is 0.780. The SMILES string of the molecule is CC(N)c1ncc(I)cc1Cl. The first kappa shape index (κ1) is 9.22. The first-order valence-electron chi connectivity index (χ1n) is 3.18. The van der Waals surface area contributed by atoms with Crippen LogP contribution in [-0.4, -0.2) is 4.98 Å². The van der Waals surface area contributed by atoms with Crippen LogP contribution in [0.15, 0.2) is 12.3 Å². The molecule has 0 amide bonds. The highest BCUT2D eigenvalue weighted by Gasteiger charge is 2.06. The molecule has 0 spiro atoms. The standard InChI is InChI=1S/C7H8ClIN2/c1-4(10)7-6(8)2-5(9)3-11-7/h2-4H,10H2,1H3. The summed E-state index contributed by atoms with van der Waals surface area (Å²) in [5, 5.41) is 0.645. The Hall–Kier alpha value is 0.130. The van der Waals surface area contributed by atoms with E-state index in [4.69, 9.17) is 17.3 Å².